The van der Waals surface area contributed by atoms with Crippen molar-refractivity contribution in [2.45, 2.75) is 24.7 Å². The number of carbonyl (C=O) groups is 1. The lowest BCUT2D eigenvalue weighted by Gasteiger charge is -2.33. The number of nitriles is 1. The van der Waals surface area contributed by atoms with Crippen LogP contribution in [-0.2, 0) is 0 Å². The quantitative estimate of drug-likeness (QED) is 0.258. The second-order valence-corrected chi connectivity index (χ2v) is 9.04. The van der Waals surface area contributed by atoms with E-state index in [1.165, 1.54) is 30.0 Å². The molecule has 1 aromatic carbocycles. The van der Waals surface area contributed by atoms with Crippen LogP contribution in [0.3, 0.4) is 0 Å². The number of aliphatic hydroxyl groups is 1. The van der Waals surface area contributed by atoms with E-state index in [2.05, 4.69) is 25.7 Å². The fourth-order valence-electron chi connectivity index (χ4n) is 4.24. The number of nitrogens with one attached hydrogen (secondary N) is 3. The number of benzene rings is 1. The molecule has 0 saturated heterocycles. The first-order valence-corrected chi connectivity index (χ1v) is 11.6. The second-order valence-electron chi connectivity index (χ2n) is 9.04. The van der Waals surface area contributed by atoms with E-state index < -0.39 is 23.7 Å². The number of carbonyl (C=O) groups excluding carboxylic acids is 1. The number of halogens is 1. The van der Waals surface area contributed by atoms with Gasteiger partial charge in [-0.05, 0) is 61.5 Å². The molecule has 37 heavy (non-hydrogen) atoms. The van der Waals surface area contributed by atoms with Gasteiger partial charge < -0.3 is 20.7 Å². The minimum Gasteiger partial charge on any atom is -0.385 e. The topological polar surface area (TPSA) is 131 Å². The lowest BCUT2D eigenvalue weighted by molar-refractivity contribution is -0.0253. The van der Waals surface area contributed by atoms with Crippen LogP contribution < -0.4 is 10.6 Å². The fourth-order valence-corrected chi connectivity index (χ4v) is 4.24. The minimum absolute atomic E-state index is 0.126. The SMILES string of the molecule is C[C@@](O)(CNc1ccc2[nH]ccc2c1)[C@H](F)[C@H](NC(=O)c1cccnc1)c1ccc2cc(C#N)cnn12. The van der Waals surface area contributed by atoms with Gasteiger partial charge in [0.25, 0.3) is 5.91 Å². The molecule has 0 aliphatic rings. The highest BCUT2D eigenvalue weighted by Gasteiger charge is 2.41. The summed E-state index contributed by atoms with van der Waals surface area (Å²) in [7, 11) is 0. The second kappa shape index (κ2) is 9.72. The molecule has 0 spiro atoms. The first-order chi connectivity index (χ1) is 17.9. The van der Waals surface area contributed by atoms with E-state index in [1.54, 1.807) is 30.3 Å². The fraction of sp³-hybridized carbons (Fsp3) is 0.185. The van der Waals surface area contributed by atoms with Crippen LogP contribution in [0.1, 0.15) is 34.6 Å². The van der Waals surface area contributed by atoms with Gasteiger partial charge in [-0.2, -0.15) is 10.4 Å². The Morgan fingerprint density at radius 1 is 1.24 bits per heavy atom. The molecule has 1 amide bonds. The lowest BCUT2D eigenvalue weighted by atomic mass is 9.92. The van der Waals surface area contributed by atoms with Gasteiger partial charge in [-0.25, -0.2) is 8.91 Å². The molecule has 0 saturated carbocycles. The number of H-pyrrole nitrogens is 1. The third-order valence-corrected chi connectivity index (χ3v) is 6.28. The molecule has 0 bridgehead atoms. The van der Waals surface area contributed by atoms with Crippen LogP contribution in [0, 0.1) is 11.3 Å². The number of hydrogen-bond acceptors (Lipinski definition) is 6. The monoisotopic (exact) mass is 497 g/mol. The predicted molar refractivity (Wildman–Crippen MR) is 137 cm³/mol. The van der Waals surface area contributed by atoms with Gasteiger partial charge >= 0.3 is 0 Å². The highest BCUT2D eigenvalue weighted by Crippen LogP contribution is 2.30. The molecule has 4 aromatic heterocycles. The van der Waals surface area contributed by atoms with Crippen molar-refractivity contribution in [3.05, 3.63) is 96.2 Å². The average molecular weight is 498 g/mol. The van der Waals surface area contributed by atoms with Crippen molar-refractivity contribution in [1.82, 2.24) is 24.9 Å². The minimum atomic E-state index is -1.94. The van der Waals surface area contributed by atoms with Crippen molar-refractivity contribution in [3.63, 3.8) is 0 Å². The van der Waals surface area contributed by atoms with Gasteiger partial charge in [0.2, 0.25) is 0 Å². The molecule has 0 unspecified atom stereocenters. The van der Waals surface area contributed by atoms with Crippen LogP contribution in [0.15, 0.2) is 79.4 Å². The summed E-state index contributed by atoms with van der Waals surface area (Å²) in [6.07, 6.45) is 4.16. The van der Waals surface area contributed by atoms with Crippen molar-refractivity contribution in [2.24, 2.45) is 0 Å². The molecule has 4 N–H and O–H groups in total. The van der Waals surface area contributed by atoms with Gasteiger partial charge in [0, 0.05) is 41.7 Å². The summed E-state index contributed by atoms with van der Waals surface area (Å²) < 4.78 is 17.7. The third-order valence-electron chi connectivity index (χ3n) is 6.28. The van der Waals surface area contributed by atoms with Crippen LogP contribution in [0.25, 0.3) is 16.4 Å². The highest BCUT2D eigenvalue weighted by molar-refractivity contribution is 5.94. The van der Waals surface area contributed by atoms with Gasteiger partial charge in [-0.1, -0.05) is 0 Å². The van der Waals surface area contributed by atoms with E-state index >= 15 is 4.39 Å². The molecule has 9 nitrogen and oxygen atoms in total. The van der Waals surface area contributed by atoms with Gasteiger partial charge in [-0.3, -0.25) is 9.78 Å². The number of aromatic nitrogens is 4. The third kappa shape index (κ3) is 4.85. The van der Waals surface area contributed by atoms with Crippen molar-refractivity contribution in [2.75, 3.05) is 11.9 Å². The van der Waals surface area contributed by atoms with Gasteiger partial charge in [0.15, 0.2) is 6.17 Å². The van der Waals surface area contributed by atoms with Crippen molar-refractivity contribution in [3.8, 4) is 6.07 Å². The maximum absolute atomic E-state index is 16.2. The number of pyridine rings is 1. The van der Waals surface area contributed by atoms with E-state index in [9.17, 15) is 15.2 Å². The Labute approximate surface area is 211 Å². The van der Waals surface area contributed by atoms with Gasteiger partial charge in [0.05, 0.1) is 28.5 Å². The number of hydrogen-bond donors (Lipinski definition) is 4. The van der Waals surface area contributed by atoms with Crippen LogP contribution >= 0.6 is 0 Å². The number of rotatable bonds is 8. The Balaban J connectivity index is 1.44. The molecule has 10 heteroatoms. The summed E-state index contributed by atoms with van der Waals surface area (Å²) >= 11 is 0. The Kier molecular flexibility index (Phi) is 6.29. The normalized spacial score (nSPS) is 14.5. The maximum atomic E-state index is 16.2. The van der Waals surface area contributed by atoms with Crippen molar-refractivity contribution in [1.29, 1.82) is 5.26 Å². The lowest BCUT2D eigenvalue weighted by Crippen LogP contribution is -2.50. The van der Waals surface area contributed by atoms with E-state index in [0.717, 1.165) is 10.9 Å². The summed E-state index contributed by atoms with van der Waals surface area (Å²) in [5.74, 6) is -0.550. The van der Waals surface area contributed by atoms with Crippen LogP contribution in [0.5, 0.6) is 0 Å². The van der Waals surface area contributed by atoms with Crippen LogP contribution in [-0.4, -0.2) is 48.9 Å². The number of nitrogens with zero attached hydrogens (tertiary/aromatic N) is 4. The molecule has 0 aliphatic carbocycles. The molecule has 186 valence electrons. The van der Waals surface area contributed by atoms with Gasteiger partial charge in [-0.15, -0.1) is 0 Å². The molecule has 3 atom stereocenters. The first-order valence-electron chi connectivity index (χ1n) is 11.6. The van der Waals surface area contributed by atoms with E-state index in [0.29, 0.717) is 22.5 Å². The Morgan fingerprint density at radius 2 is 2.11 bits per heavy atom. The molecule has 4 heterocycles. The highest BCUT2D eigenvalue weighted by atomic mass is 19.1. The molecule has 5 rings (SSSR count). The predicted octanol–water partition coefficient (Wildman–Crippen LogP) is 3.75. The molecule has 5 aromatic rings. The molecular weight excluding hydrogens is 473 g/mol. The van der Waals surface area contributed by atoms with E-state index in [-0.39, 0.29) is 12.1 Å². The summed E-state index contributed by atoms with van der Waals surface area (Å²) in [4.78, 5) is 20.1. The van der Waals surface area contributed by atoms with E-state index in [4.69, 9.17) is 0 Å². The zero-order valence-electron chi connectivity index (χ0n) is 19.9. The first kappa shape index (κ1) is 24.0. The maximum Gasteiger partial charge on any atom is 0.253 e. The smallest absolute Gasteiger partial charge is 0.253 e. The zero-order chi connectivity index (χ0) is 26.0. The summed E-state index contributed by atoms with van der Waals surface area (Å²) in [5.41, 5.74) is 1.26. The van der Waals surface area contributed by atoms with Crippen LogP contribution in [0.4, 0.5) is 10.1 Å². The number of anilines is 1. The van der Waals surface area contributed by atoms with E-state index in [1.807, 2.05) is 36.5 Å². The number of amides is 1. The Hall–Kier alpha value is -4.75. The molecule has 0 aliphatic heterocycles. The largest absolute Gasteiger partial charge is 0.385 e. The molecule has 0 radical (unpaired) electrons. The average Bonchev–Trinajstić information content (AvgIpc) is 3.57. The summed E-state index contributed by atoms with van der Waals surface area (Å²) in [5, 5.41) is 31.5. The van der Waals surface area contributed by atoms with Crippen LogP contribution in [0.2, 0.25) is 0 Å². The van der Waals surface area contributed by atoms with Crippen molar-refractivity contribution < 1.29 is 14.3 Å². The van der Waals surface area contributed by atoms with Crippen molar-refractivity contribution >= 4 is 28.0 Å². The number of fused-ring (bicyclic) bond motifs is 2. The summed E-state index contributed by atoms with van der Waals surface area (Å²) in [6.45, 7) is 1.25. The zero-order valence-corrected chi connectivity index (χ0v) is 19.9. The molecular formula is C27H24FN7O2. The molecule has 0 fully saturated rings. The Bertz CT molecular complexity index is 1600. The summed E-state index contributed by atoms with van der Waals surface area (Å²) in [6, 6.07) is 16.4. The number of aromatic amines is 1. The number of alkyl halides is 1. The standard InChI is InChI=1S/C27H24FN7O2/c1-27(37,16-32-20-4-6-22-18(12-20)8-10-31-22)25(28)24(34-26(36)19-3-2-9-30-15-19)23-7-5-21-11-17(13-29)14-33-35(21)23/h2-12,14-15,24-25,31-32,37H,16H2,1H3,(H,34,36)/t24-,25-,27-/m1/s1. The van der Waals surface area contributed by atoms with Gasteiger partial charge in [0.1, 0.15) is 17.7 Å². The Morgan fingerprint density at radius 3 is 2.89 bits per heavy atom.